The van der Waals surface area contributed by atoms with E-state index in [9.17, 15) is 4.79 Å². The number of hydrogen-bond acceptors (Lipinski definition) is 4. The lowest BCUT2D eigenvalue weighted by atomic mass is 10.1. The van der Waals surface area contributed by atoms with E-state index in [0.717, 1.165) is 21.0 Å². The summed E-state index contributed by atoms with van der Waals surface area (Å²) in [5, 5.41) is 7.97. The smallest absolute Gasteiger partial charge is 0.222 e. The third-order valence-electron chi connectivity index (χ3n) is 3.31. The minimum absolute atomic E-state index is 0.121. The fraction of sp³-hybridized carbons (Fsp3) is 0.267. The summed E-state index contributed by atoms with van der Waals surface area (Å²) in [6.07, 6.45) is 0. The van der Waals surface area contributed by atoms with Gasteiger partial charge >= 0.3 is 0 Å². The van der Waals surface area contributed by atoms with Gasteiger partial charge in [-0.3, -0.25) is 4.79 Å². The number of aryl methyl sites for hydroxylation is 3. The second-order valence-corrected chi connectivity index (χ2v) is 6.17. The zero-order chi connectivity index (χ0) is 15.1. The van der Waals surface area contributed by atoms with Crippen LogP contribution in [0, 0.1) is 20.8 Å². The number of amides is 1. The van der Waals surface area contributed by atoms with Crippen molar-refractivity contribution >= 4 is 33.3 Å². The molecule has 1 aromatic carbocycles. The van der Waals surface area contributed by atoms with Gasteiger partial charge in [0.2, 0.25) is 11.0 Å². The molecule has 21 heavy (non-hydrogen) atoms. The zero-order valence-corrected chi connectivity index (χ0v) is 13.2. The summed E-state index contributed by atoms with van der Waals surface area (Å²) < 4.78 is 2.81. The van der Waals surface area contributed by atoms with E-state index in [1.165, 1.54) is 18.1 Å². The molecule has 0 aliphatic heterocycles. The molecule has 0 bridgehead atoms. The van der Waals surface area contributed by atoms with Crippen LogP contribution in [0.5, 0.6) is 0 Å². The van der Waals surface area contributed by atoms with Crippen molar-refractivity contribution in [3.05, 3.63) is 35.0 Å². The molecule has 0 unspecified atom stereocenters. The zero-order valence-electron chi connectivity index (χ0n) is 12.4. The number of aromatic nitrogens is 3. The molecular weight excluding hydrogens is 284 g/mol. The van der Waals surface area contributed by atoms with Crippen molar-refractivity contribution in [1.29, 1.82) is 0 Å². The van der Waals surface area contributed by atoms with Crippen LogP contribution in [0.4, 0.5) is 5.82 Å². The Balaban J connectivity index is 2.14. The fourth-order valence-electron chi connectivity index (χ4n) is 2.17. The standard InChI is InChI=1S/C15H16N4OS/c1-8-5-12-13(6-9(8)2)21-15(17-12)19-14(16-11(4)20)7-10(3)18-19/h5-7H,1-4H3,(H,16,20). The summed E-state index contributed by atoms with van der Waals surface area (Å²) >= 11 is 1.57. The first-order valence-corrected chi connectivity index (χ1v) is 7.48. The number of rotatable bonds is 2. The molecule has 0 fully saturated rings. The van der Waals surface area contributed by atoms with Crippen LogP contribution in [0.3, 0.4) is 0 Å². The highest BCUT2D eigenvalue weighted by Gasteiger charge is 2.13. The summed E-state index contributed by atoms with van der Waals surface area (Å²) in [4.78, 5) is 15.9. The van der Waals surface area contributed by atoms with E-state index in [-0.39, 0.29) is 5.91 Å². The average molecular weight is 300 g/mol. The van der Waals surface area contributed by atoms with Crippen molar-refractivity contribution in [3.8, 4) is 5.13 Å². The second kappa shape index (κ2) is 4.96. The number of nitrogens with one attached hydrogen (secondary N) is 1. The van der Waals surface area contributed by atoms with E-state index in [0.29, 0.717) is 5.82 Å². The molecular formula is C15H16N4OS. The van der Waals surface area contributed by atoms with Crippen LogP contribution in [0.1, 0.15) is 23.7 Å². The van der Waals surface area contributed by atoms with Crippen LogP contribution >= 0.6 is 11.3 Å². The predicted octanol–water partition coefficient (Wildman–Crippen LogP) is 3.37. The van der Waals surface area contributed by atoms with Crippen LogP contribution in [0.2, 0.25) is 0 Å². The van der Waals surface area contributed by atoms with E-state index in [2.05, 4.69) is 41.4 Å². The van der Waals surface area contributed by atoms with Crippen LogP contribution in [0.25, 0.3) is 15.3 Å². The summed E-state index contributed by atoms with van der Waals surface area (Å²) in [7, 11) is 0. The molecule has 0 spiro atoms. The Bertz CT molecular complexity index is 808. The maximum Gasteiger partial charge on any atom is 0.222 e. The topological polar surface area (TPSA) is 59.8 Å². The van der Waals surface area contributed by atoms with Gasteiger partial charge in [-0.05, 0) is 44.0 Å². The highest BCUT2D eigenvalue weighted by molar-refractivity contribution is 7.20. The minimum atomic E-state index is -0.121. The molecule has 0 saturated heterocycles. The molecule has 0 saturated carbocycles. The Morgan fingerprint density at radius 2 is 1.90 bits per heavy atom. The first-order chi connectivity index (χ1) is 9.94. The summed E-state index contributed by atoms with van der Waals surface area (Å²) in [5.41, 5.74) is 4.26. The van der Waals surface area contributed by atoms with Crippen molar-refractivity contribution < 1.29 is 4.79 Å². The predicted molar refractivity (Wildman–Crippen MR) is 85.3 cm³/mol. The number of carbonyl (C=O) groups is 1. The molecule has 3 aromatic rings. The van der Waals surface area contributed by atoms with Crippen LogP contribution in [-0.4, -0.2) is 20.7 Å². The lowest BCUT2D eigenvalue weighted by Gasteiger charge is -2.03. The Morgan fingerprint density at radius 1 is 1.19 bits per heavy atom. The van der Waals surface area contributed by atoms with Gasteiger partial charge in [-0.25, -0.2) is 4.98 Å². The van der Waals surface area contributed by atoms with E-state index < -0.39 is 0 Å². The molecule has 108 valence electrons. The number of carbonyl (C=O) groups excluding carboxylic acids is 1. The molecule has 2 heterocycles. The number of benzene rings is 1. The Labute approximate surface area is 126 Å². The first-order valence-electron chi connectivity index (χ1n) is 6.66. The summed E-state index contributed by atoms with van der Waals surface area (Å²) in [6.45, 7) is 7.55. The highest BCUT2D eigenvalue weighted by atomic mass is 32.1. The van der Waals surface area contributed by atoms with E-state index in [1.54, 1.807) is 16.0 Å². The van der Waals surface area contributed by atoms with Gasteiger partial charge in [0.15, 0.2) is 0 Å². The first kappa shape index (κ1) is 13.8. The van der Waals surface area contributed by atoms with E-state index in [4.69, 9.17) is 0 Å². The summed E-state index contributed by atoms with van der Waals surface area (Å²) in [6, 6.07) is 6.06. The van der Waals surface area contributed by atoms with E-state index in [1.807, 2.05) is 13.0 Å². The monoisotopic (exact) mass is 300 g/mol. The second-order valence-electron chi connectivity index (χ2n) is 5.16. The molecule has 3 rings (SSSR count). The number of anilines is 1. The van der Waals surface area contributed by atoms with Crippen molar-refractivity contribution in [3.63, 3.8) is 0 Å². The average Bonchev–Trinajstić information content (AvgIpc) is 2.93. The molecule has 6 heteroatoms. The van der Waals surface area contributed by atoms with Crippen LogP contribution in [-0.2, 0) is 4.79 Å². The van der Waals surface area contributed by atoms with Gasteiger partial charge in [0.25, 0.3) is 0 Å². The normalized spacial score (nSPS) is 11.0. The quantitative estimate of drug-likeness (QED) is 0.789. The maximum absolute atomic E-state index is 11.3. The van der Waals surface area contributed by atoms with Crippen LogP contribution in [0.15, 0.2) is 18.2 Å². The third kappa shape index (κ3) is 2.54. The number of hydrogen-bond donors (Lipinski definition) is 1. The van der Waals surface area contributed by atoms with Gasteiger partial charge in [0, 0.05) is 13.0 Å². The molecule has 1 N–H and O–H groups in total. The molecule has 0 atom stereocenters. The molecule has 2 aromatic heterocycles. The number of nitrogens with zero attached hydrogens (tertiary/aromatic N) is 3. The number of fused-ring (bicyclic) bond motifs is 1. The maximum atomic E-state index is 11.3. The highest BCUT2D eigenvalue weighted by Crippen LogP contribution is 2.29. The van der Waals surface area contributed by atoms with Gasteiger partial charge in [0.05, 0.1) is 15.9 Å². The van der Waals surface area contributed by atoms with E-state index >= 15 is 0 Å². The minimum Gasteiger partial charge on any atom is -0.311 e. The van der Waals surface area contributed by atoms with Gasteiger partial charge in [0.1, 0.15) is 5.82 Å². The largest absolute Gasteiger partial charge is 0.311 e. The van der Waals surface area contributed by atoms with Crippen LogP contribution < -0.4 is 5.32 Å². The number of thiazole rings is 1. The Kier molecular flexibility index (Phi) is 3.25. The Hall–Kier alpha value is -2.21. The molecule has 1 amide bonds. The van der Waals surface area contributed by atoms with Crippen molar-refractivity contribution in [2.24, 2.45) is 0 Å². The lowest BCUT2D eigenvalue weighted by molar-refractivity contribution is -0.114. The van der Waals surface area contributed by atoms with Crippen molar-refractivity contribution in [1.82, 2.24) is 14.8 Å². The summed E-state index contributed by atoms with van der Waals surface area (Å²) in [5.74, 6) is 0.524. The van der Waals surface area contributed by atoms with Crippen molar-refractivity contribution in [2.75, 3.05) is 5.32 Å². The SMILES string of the molecule is CC(=O)Nc1cc(C)nn1-c1nc2cc(C)c(C)cc2s1. The van der Waals surface area contributed by atoms with Gasteiger partial charge in [-0.2, -0.15) is 9.78 Å². The molecule has 5 nitrogen and oxygen atoms in total. The fourth-order valence-corrected chi connectivity index (χ4v) is 3.18. The molecule has 0 radical (unpaired) electrons. The lowest BCUT2D eigenvalue weighted by Crippen LogP contribution is -2.10. The Morgan fingerprint density at radius 3 is 2.62 bits per heavy atom. The van der Waals surface area contributed by atoms with Crippen molar-refractivity contribution in [2.45, 2.75) is 27.7 Å². The molecule has 0 aliphatic carbocycles. The molecule has 0 aliphatic rings. The van der Waals surface area contributed by atoms with Gasteiger partial charge in [-0.1, -0.05) is 11.3 Å². The van der Waals surface area contributed by atoms with Gasteiger partial charge < -0.3 is 5.32 Å². The van der Waals surface area contributed by atoms with Gasteiger partial charge in [-0.15, -0.1) is 0 Å². The third-order valence-corrected chi connectivity index (χ3v) is 4.30.